The molecule has 0 N–H and O–H groups in total. The molecule has 0 saturated carbocycles. The van der Waals surface area contributed by atoms with E-state index in [1.54, 1.807) is 14.2 Å². The van der Waals surface area contributed by atoms with Crippen LogP contribution in [0.2, 0.25) is 0 Å². The van der Waals surface area contributed by atoms with E-state index in [2.05, 4.69) is 4.90 Å². The molecule has 0 aliphatic carbocycles. The summed E-state index contributed by atoms with van der Waals surface area (Å²) in [6.07, 6.45) is 0. The number of carbonyl (C=O) groups is 1. The Morgan fingerprint density at radius 2 is 1.20 bits per heavy atom. The zero-order valence-electron chi connectivity index (χ0n) is 17.6. The molecule has 0 bridgehead atoms. The summed E-state index contributed by atoms with van der Waals surface area (Å²) < 4.78 is 15.7. The molecule has 3 rings (SSSR count). The number of hydrogen-bond donors (Lipinski definition) is 0. The van der Waals surface area contributed by atoms with Crippen LogP contribution in [0.4, 0.5) is 0 Å². The Balaban J connectivity index is 1.95. The average Bonchev–Trinajstić information content (AvgIpc) is 2.80. The van der Waals surface area contributed by atoms with Crippen LogP contribution in [0.15, 0.2) is 78.9 Å². The molecule has 1 atom stereocenters. The lowest BCUT2D eigenvalue weighted by Gasteiger charge is -2.30. The minimum Gasteiger partial charge on any atom is -0.497 e. The molecule has 0 fully saturated rings. The number of carbonyl (C=O) groups excluding carboxylic acids is 1. The zero-order chi connectivity index (χ0) is 21.3. The molecule has 1 unspecified atom stereocenters. The van der Waals surface area contributed by atoms with Crippen molar-refractivity contribution in [3.8, 4) is 11.5 Å². The van der Waals surface area contributed by atoms with Crippen LogP contribution in [-0.4, -0.2) is 32.2 Å². The third-order valence-electron chi connectivity index (χ3n) is 4.99. The van der Waals surface area contributed by atoms with Crippen molar-refractivity contribution < 1.29 is 19.0 Å². The second-order valence-electron chi connectivity index (χ2n) is 6.94. The van der Waals surface area contributed by atoms with Gasteiger partial charge in [-0.25, -0.2) is 4.79 Å². The van der Waals surface area contributed by atoms with Crippen LogP contribution in [0.3, 0.4) is 0 Å². The van der Waals surface area contributed by atoms with Crippen LogP contribution < -0.4 is 9.47 Å². The van der Waals surface area contributed by atoms with Crippen LogP contribution in [0, 0.1) is 0 Å². The van der Waals surface area contributed by atoms with Crippen molar-refractivity contribution in [2.24, 2.45) is 0 Å². The van der Waals surface area contributed by atoms with Crippen LogP contribution in [-0.2, 0) is 22.6 Å². The minimum absolute atomic E-state index is 0.289. The molecule has 5 heteroatoms. The van der Waals surface area contributed by atoms with Gasteiger partial charge in [-0.05, 0) is 41.0 Å². The molecular weight excluding hydrogens is 378 g/mol. The van der Waals surface area contributed by atoms with Gasteiger partial charge in [0.05, 0.1) is 21.3 Å². The summed E-state index contributed by atoms with van der Waals surface area (Å²) in [6, 6.07) is 25.0. The molecule has 0 aromatic heterocycles. The molecule has 30 heavy (non-hydrogen) atoms. The maximum Gasteiger partial charge on any atom is 0.327 e. The highest BCUT2D eigenvalue weighted by Crippen LogP contribution is 2.27. The van der Waals surface area contributed by atoms with Gasteiger partial charge >= 0.3 is 5.97 Å². The SMILES string of the molecule is COC(=O)C(c1ccccc1)N(Cc1ccc(OC)cc1)Cc1ccc(OC)cc1. The number of rotatable bonds is 9. The Labute approximate surface area is 177 Å². The van der Waals surface area contributed by atoms with Gasteiger partial charge in [-0.15, -0.1) is 0 Å². The Hall–Kier alpha value is -3.31. The smallest absolute Gasteiger partial charge is 0.327 e. The van der Waals surface area contributed by atoms with Crippen molar-refractivity contribution in [1.29, 1.82) is 0 Å². The fourth-order valence-electron chi connectivity index (χ4n) is 3.41. The van der Waals surface area contributed by atoms with Gasteiger partial charge in [0.15, 0.2) is 0 Å². The molecule has 0 radical (unpaired) electrons. The molecule has 0 amide bonds. The van der Waals surface area contributed by atoms with Crippen LogP contribution in [0.5, 0.6) is 11.5 Å². The van der Waals surface area contributed by atoms with E-state index in [9.17, 15) is 4.79 Å². The average molecular weight is 405 g/mol. The summed E-state index contributed by atoms with van der Waals surface area (Å²) in [6.45, 7) is 1.15. The summed E-state index contributed by atoms with van der Waals surface area (Å²) in [5, 5.41) is 0. The lowest BCUT2D eigenvalue weighted by Crippen LogP contribution is -2.34. The first kappa shape index (κ1) is 21.4. The standard InChI is InChI=1S/C25H27NO4/c1-28-22-13-9-19(10-14-22)17-26(18-20-11-15-23(29-2)16-12-20)24(25(27)30-3)21-7-5-4-6-8-21/h4-16,24H,17-18H2,1-3H3. The van der Waals surface area contributed by atoms with E-state index in [-0.39, 0.29) is 5.97 Å². The summed E-state index contributed by atoms with van der Waals surface area (Å²) in [5.41, 5.74) is 3.05. The second kappa shape index (κ2) is 10.5. The van der Waals surface area contributed by atoms with E-state index < -0.39 is 6.04 Å². The highest BCUT2D eigenvalue weighted by atomic mass is 16.5. The molecule has 0 aliphatic heterocycles. The van der Waals surface area contributed by atoms with Crippen LogP contribution >= 0.6 is 0 Å². The van der Waals surface area contributed by atoms with Gasteiger partial charge in [0.2, 0.25) is 0 Å². The van der Waals surface area contributed by atoms with Crippen LogP contribution in [0.1, 0.15) is 22.7 Å². The van der Waals surface area contributed by atoms with Gasteiger partial charge in [0.25, 0.3) is 0 Å². The maximum atomic E-state index is 12.8. The molecule has 5 nitrogen and oxygen atoms in total. The van der Waals surface area contributed by atoms with Gasteiger partial charge < -0.3 is 14.2 Å². The first-order valence-corrected chi connectivity index (χ1v) is 9.77. The Kier molecular flexibility index (Phi) is 7.46. The maximum absolute atomic E-state index is 12.8. The number of nitrogens with zero attached hydrogens (tertiary/aromatic N) is 1. The summed E-state index contributed by atoms with van der Waals surface area (Å²) >= 11 is 0. The Morgan fingerprint density at radius 1 is 0.733 bits per heavy atom. The summed E-state index contributed by atoms with van der Waals surface area (Å²) in [4.78, 5) is 14.9. The molecule has 3 aromatic carbocycles. The number of ether oxygens (including phenoxy) is 3. The topological polar surface area (TPSA) is 48.0 Å². The van der Waals surface area contributed by atoms with Crippen molar-refractivity contribution in [2.45, 2.75) is 19.1 Å². The summed E-state index contributed by atoms with van der Waals surface area (Å²) in [7, 11) is 4.72. The molecule has 3 aromatic rings. The van der Waals surface area contributed by atoms with Gasteiger partial charge in [-0.2, -0.15) is 0 Å². The first-order valence-electron chi connectivity index (χ1n) is 9.77. The van der Waals surface area contributed by atoms with Crippen molar-refractivity contribution >= 4 is 5.97 Å². The molecular formula is C25H27NO4. The predicted molar refractivity (Wildman–Crippen MR) is 116 cm³/mol. The van der Waals surface area contributed by atoms with E-state index in [1.807, 2.05) is 78.9 Å². The van der Waals surface area contributed by atoms with Crippen molar-refractivity contribution in [1.82, 2.24) is 4.90 Å². The van der Waals surface area contributed by atoms with Gasteiger partial charge in [0, 0.05) is 13.1 Å². The Bertz CT molecular complexity index is 874. The quantitative estimate of drug-likeness (QED) is 0.486. The molecule has 156 valence electrons. The minimum atomic E-state index is -0.527. The summed E-state index contributed by atoms with van der Waals surface area (Å²) in [5.74, 6) is 1.31. The van der Waals surface area contributed by atoms with Gasteiger partial charge in [-0.1, -0.05) is 54.6 Å². The largest absolute Gasteiger partial charge is 0.497 e. The lowest BCUT2D eigenvalue weighted by molar-refractivity contribution is -0.148. The van der Waals surface area contributed by atoms with E-state index >= 15 is 0 Å². The lowest BCUT2D eigenvalue weighted by atomic mass is 10.0. The van der Waals surface area contributed by atoms with Gasteiger partial charge in [0.1, 0.15) is 17.5 Å². The molecule has 0 spiro atoms. The van der Waals surface area contributed by atoms with Gasteiger partial charge in [-0.3, -0.25) is 4.90 Å². The number of esters is 1. The fourth-order valence-corrected chi connectivity index (χ4v) is 3.41. The second-order valence-corrected chi connectivity index (χ2v) is 6.94. The highest BCUT2D eigenvalue weighted by Gasteiger charge is 2.29. The van der Waals surface area contributed by atoms with Crippen LogP contribution in [0.25, 0.3) is 0 Å². The first-order chi connectivity index (χ1) is 14.6. The van der Waals surface area contributed by atoms with Crippen molar-refractivity contribution in [3.05, 3.63) is 95.6 Å². The van der Waals surface area contributed by atoms with E-state index in [0.29, 0.717) is 13.1 Å². The fraction of sp³-hybridized carbons (Fsp3) is 0.240. The monoisotopic (exact) mass is 405 g/mol. The van der Waals surface area contributed by atoms with E-state index in [0.717, 1.165) is 28.2 Å². The number of methoxy groups -OCH3 is 3. The third kappa shape index (κ3) is 5.39. The molecule has 0 saturated heterocycles. The van der Waals surface area contributed by atoms with E-state index in [4.69, 9.17) is 14.2 Å². The molecule has 0 heterocycles. The van der Waals surface area contributed by atoms with Crippen molar-refractivity contribution in [3.63, 3.8) is 0 Å². The predicted octanol–water partition coefficient (Wildman–Crippen LogP) is 4.62. The third-order valence-corrected chi connectivity index (χ3v) is 4.99. The zero-order valence-corrected chi connectivity index (χ0v) is 17.6. The Morgan fingerprint density at radius 3 is 1.60 bits per heavy atom. The van der Waals surface area contributed by atoms with Crippen molar-refractivity contribution in [2.75, 3.05) is 21.3 Å². The highest BCUT2D eigenvalue weighted by molar-refractivity contribution is 5.77. The molecule has 0 aliphatic rings. The number of hydrogen-bond acceptors (Lipinski definition) is 5. The van der Waals surface area contributed by atoms with E-state index in [1.165, 1.54) is 7.11 Å². The number of benzene rings is 3. The normalized spacial score (nSPS) is 11.7.